The van der Waals surface area contributed by atoms with E-state index in [-0.39, 0.29) is 11.5 Å². The van der Waals surface area contributed by atoms with Gasteiger partial charge in [0.15, 0.2) is 0 Å². The summed E-state index contributed by atoms with van der Waals surface area (Å²) in [5.74, 6) is 0.468. The van der Waals surface area contributed by atoms with Gasteiger partial charge in [0.25, 0.3) is 0 Å². The molecule has 0 saturated carbocycles. The zero-order valence-corrected chi connectivity index (χ0v) is 16.0. The molecule has 0 fully saturated rings. The minimum absolute atomic E-state index is 0.138. The van der Waals surface area contributed by atoms with E-state index in [0.29, 0.717) is 29.6 Å². The number of nitrogens with zero attached hydrogens (tertiary/aromatic N) is 4. The number of aromatic nitrogens is 2. The van der Waals surface area contributed by atoms with Crippen molar-refractivity contribution in [2.75, 3.05) is 16.8 Å². The van der Waals surface area contributed by atoms with Crippen LogP contribution in [0.2, 0.25) is 5.02 Å². The molecule has 0 bridgehead atoms. The number of hydrogen-bond donors (Lipinski definition) is 1. The molecule has 28 heavy (non-hydrogen) atoms. The fourth-order valence-corrected chi connectivity index (χ4v) is 3.58. The first-order chi connectivity index (χ1) is 13.5. The molecule has 2 aromatic carbocycles. The van der Waals surface area contributed by atoms with Crippen molar-refractivity contribution in [3.8, 4) is 0 Å². The summed E-state index contributed by atoms with van der Waals surface area (Å²) < 4.78 is 0. The summed E-state index contributed by atoms with van der Waals surface area (Å²) in [6, 6.07) is 13.5. The first-order valence-electron chi connectivity index (χ1n) is 8.88. The summed E-state index contributed by atoms with van der Waals surface area (Å²) in [5.41, 5.74) is 3.75. The second-order valence-electron chi connectivity index (χ2n) is 6.63. The number of anilines is 3. The topological polar surface area (TPSA) is 84.2 Å². The van der Waals surface area contributed by atoms with Crippen molar-refractivity contribution in [1.29, 1.82) is 0 Å². The van der Waals surface area contributed by atoms with E-state index in [1.807, 2.05) is 36.1 Å². The monoisotopic (exact) mass is 395 g/mol. The maximum atomic E-state index is 11.9. The molecule has 0 radical (unpaired) electrons. The molecule has 0 saturated heterocycles. The quantitative estimate of drug-likeness (QED) is 0.511. The molecule has 7 nitrogen and oxygen atoms in total. The number of benzene rings is 2. The van der Waals surface area contributed by atoms with E-state index < -0.39 is 4.92 Å². The molecular weight excluding hydrogens is 378 g/mol. The lowest BCUT2D eigenvalue weighted by Gasteiger charge is -2.29. The van der Waals surface area contributed by atoms with Gasteiger partial charge in [-0.15, -0.1) is 0 Å². The molecular formula is C20H18ClN5O2. The van der Waals surface area contributed by atoms with E-state index >= 15 is 0 Å². The van der Waals surface area contributed by atoms with Gasteiger partial charge in [-0.3, -0.25) is 10.1 Å². The number of hydrogen-bond acceptors (Lipinski definition) is 6. The van der Waals surface area contributed by atoms with E-state index in [2.05, 4.69) is 21.4 Å². The largest absolute Gasteiger partial charge is 0.353 e. The Morgan fingerprint density at radius 3 is 2.71 bits per heavy atom. The Morgan fingerprint density at radius 2 is 1.93 bits per heavy atom. The number of rotatable bonds is 4. The maximum absolute atomic E-state index is 11.9. The molecule has 1 N–H and O–H groups in total. The fourth-order valence-electron chi connectivity index (χ4n) is 3.41. The Morgan fingerprint density at radius 1 is 1.14 bits per heavy atom. The summed E-state index contributed by atoms with van der Waals surface area (Å²) in [6.45, 7) is 3.08. The van der Waals surface area contributed by atoms with Crippen LogP contribution in [-0.4, -0.2) is 21.4 Å². The zero-order valence-electron chi connectivity index (χ0n) is 15.2. The van der Waals surface area contributed by atoms with Crippen molar-refractivity contribution in [1.82, 2.24) is 9.97 Å². The van der Waals surface area contributed by atoms with Gasteiger partial charge < -0.3 is 10.2 Å². The third kappa shape index (κ3) is 3.36. The molecule has 1 aliphatic heterocycles. The van der Waals surface area contributed by atoms with E-state index in [0.717, 1.165) is 17.5 Å². The van der Waals surface area contributed by atoms with Gasteiger partial charge in [0.1, 0.15) is 6.33 Å². The highest BCUT2D eigenvalue weighted by molar-refractivity contribution is 6.31. The minimum Gasteiger partial charge on any atom is -0.346 e. The second kappa shape index (κ2) is 7.44. The first-order valence-corrected chi connectivity index (χ1v) is 9.25. The molecule has 8 heteroatoms. The van der Waals surface area contributed by atoms with Gasteiger partial charge in [-0.2, -0.15) is 0 Å². The molecule has 3 aromatic rings. The van der Waals surface area contributed by atoms with Crippen LogP contribution in [0.3, 0.4) is 0 Å². The van der Waals surface area contributed by atoms with Crippen molar-refractivity contribution in [2.24, 2.45) is 0 Å². The average Bonchev–Trinajstić information content (AvgIpc) is 2.70. The maximum Gasteiger partial charge on any atom is 0.353 e. The Balaban J connectivity index is 1.73. The number of nitrogens with one attached hydrogen (secondary N) is 1. The molecule has 0 unspecified atom stereocenters. The molecule has 0 amide bonds. The summed E-state index contributed by atoms with van der Waals surface area (Å²) in [7, 11) is 0. The summed E-state index contributed by atoms with van der Waals surface area (Å²) in [5, 5.41) is 15.5. The molecule has 1 aliphatic rings. The number of halogens is 1. The average molecular weight is 396 g/mol. The lowest BCUT2D eigenvalue weighted by Crippen LogP contribution is -2.31. The molecule has 0 atom stereocenters. The van der Waals surface area contributed by atoms with Crippen LogP contribution >= 0.6 is 11.6 Å². The van der Waals surface area contributed by atoms with Gasteiger partial charge in [-0.05, 0) is 42.2 Å². The fraction of sp³-hybridized carbons (Fsp3) is 0.200. The second-order valence-corrected chi connectivity index (χ2v) is 7.04. The standard InChI is InChI=1S/C20H18ClN5O2/c1-13-16(21)7-4-8-17(13)24-19-18(26(27)28)20(23-12-22-19)25-10-9-14-5-2-3-6-15(14)11-25/h2-8,12H,9-11H2,1H3,(H,22,23,24). The third-order valence-electron chi connectivity index (χ3n) is 4.94. The van der Waals surface area contributed by atoms with Crippen LogP contribution < -0.4 is 10.2 Å². The normalized spacial score (nSPS) is 13.1. The third-order valence-corrected chi connectivity index (χ3v) is 5.35. The van der Waals surface area contributed by atoms with Crippen molar-refractivity contribution in [3.63, 3.8) is 0 Å². The Kier molecular flexibility index (Phi) is 4.83. The lowest BCUT2D eigenvalue weighted by atomic mass is 10.00. The van der Waals surface area contributed by atoms with E-state index in [1.54, 1.807) is 12.1 Å². The Hall–Kier alpha value is -3.19. The highest BCUT2D eigenvalue weighted by Crippen LogP contribution is 2.36. The van der Waals surface area contributed by atoms with Crippen molar-refractivity contribution < 1.29 is 4.92 Å². The molecule has 0 spiro atoms. The van der Waals surface area contributed by atoms with Crippen molar-refractivity contribution in [2.45, 2.75) is 19.9 Å². The van der Waals surface area contributed by atoms with Gasteiger partial charge in [-0.1, -0.05) is 41.9 Å². The van der Waals surface area contributed by atoms with Crippen LogP contribution in [-0.2, 0) is 13.0 Å². The highest BCUT2D eigenvalue weighted by atomic mass is 35.5. The molecule has 4 rings (SSSR count). The van der Waals surface area contributed by atoms with E-state index in [1.165, 1.54) is 11.9 Å². The number of nitro groups is 1. The Labute approximate surface area is 167 Å². The minimum atomic E-state index is -0.432. The smallest absolute Gasteiger partial charge is 0.346 e. The molecule has 1 aromatic heterocycles. The zero-order chi connectivity index (χ0) is 19.7. The van der Waals surface area contributed by atoms with Gasteiger partial charge in [-0.25, -0.2) is 9.97 Å². The van der Waals surface area contributed by atoms with Gasteiger partial charge in [0.05, 0.1) is 4.92 Å². The number of fused-ring (bicyclic) bond motifs is 1. The summed E-state index contributed by atoms with van der Waals surface area (Å²) >= 11 is 6.17. The van der Waals surface area contributed by atoms with E-state index in [9.17, 15) is 10.1 Å². The molecule has 142 valence electrons. The predicted molar refractivity (Wildman–Crippen MR) is 109 cm³/mol. The van der Waals surface area contributed by atoms with Crippen molar-refractivity contribution in [3.05, 3.63) is 80.6 Å². The molecule has 2 heterocycles. The van der Waals surface area contributed by atoms with Crippen LogP contribution in [0.4, 0.5) is 23.0 Å². The highest BCUT2D eigenvalue weighted by Gasteiger charge is 2.29. The van der Waals surface area contributed by atoms with Crippen LogP contribution in [0.1, 0.15) is 16.7 Å². The van der Waals surface area contributed by atoms with Crippen LogP contribution in [0.25, 0.3) is 0 Å². The van der Waals surface area contributed by atoms with Crippen LogP contribution in [0.5, 0.6) is 0 Å². The van der Waals surface area contributed by atoms with Crippen LogP contribution in [0, 0.1) is 17.0 Å². The van der Waals surface area contributed by atoms with Gasteiger partial charge >= 0.3 is 5.69 Å². The van der Waals surface area contributed by atoms with Gasteiger partial charge in [0.2, 0.25) is 11.6 Å². The van der Waals surface area contributed by atoms with Gasteiger partial charge in [0, 0.05) is 23.8 Å². The summed E-state index contributed by atoms with van der Waals surface area (Å²) in [6.07, 6.45) is 2.17. The van der Waals surface area contributed by atoms with Crippen molar-refractivity contribution >= 4 is 34.6 Å². The SMILES string of the molecule is Cc1c(Cl)cccc1Nc1ncnc(N2CCc3ccccc3C2)c1[N+](=O)[O-]. The summed E-state index contributed by atoms with van der Waals surface area (Å²) in [4.78, 5) is 21.8. The predicted octanol–water partition coefficient (Wildman–Crippen LogP) is 4.65. The first kappa shape index (κ1) is 18.2. The van der Waals surface area contributed by atoms with Crippen LogP contribution in [0.15, 0.2) is 48.8 Å². The van der Waals surface area contributed by atoms with E-state index in [4.69, 9.17) is 11.6 Å². The Bertz CT molecular complexity index is 1060. The lowest BCUT2D eigenvalue weighted by molar-refractivity contribution is -0.383. The molecule has 0 aliphatic carbocycles.